The summed E-state index contributed by atoms with van der Waals surface area (Å²) < 4.78 is 45.4. The first-order valence-electron chi connectivity index (χ1n) is 7.05. The molecule has 1 heterocycles. The minimum Gasteiger partial charge on any atom is -0.373 e. The quantitative estimate of drug-likeness (QED) is 0.625. The zero-order valence-corrected chi connectivity index (χ0v) is 12.8. The van der Waals surface area contributed by atoms with Crippen LogP contribution in [0.25, 0.3) is 0 Å². The lowest BCUT2D eigenvalue weighted by Crippen LogP contribution is -2.47. The monoisotopic (exact) mass is 333 g/mol. The second-order valence-electron chi connectivity index (χ2n) is 5.66. The maximum absolute atomic E-state index is 13.3. The van der Waals surface area contributed by atoms with Crippen LogP contribution in [-0.2, 0) is 10.9 Å². The maximum atomic E-state index is 13.3. The third-order valence-corrected chi connectivity index (χ3v) is 3.54. The molecule has 9 heteroatoms. The number of nitrogens with zero attached hydrogens (tertiary/aromatic N) is 3. The van der Waals surface area contributed by atoms with Crippen LogP contribution in [0, 0.1) is 10.1 Å². The minimum atomic E-state index is -4.66. The van der Waals surface area contributed by atoms with Gasteiger partial charge in [0.05, 0.1) is 23.2 Å². The molecule has 0 N–H and O–H groups in total. The van der Waals surface area contributed by atoms with Gasteiger partial charge in [0, 0.05) is 37.5 Å². The Hall–Kier alpha value is -1.87. The Morgan fingerprint density at radius 2 is 2.13 bits per heavy atom. The fourth-order valence-electron chi connectivity index (χ4n) is 2.60. The summed E-state index contributed by atoms with van der Waals surface area (Å²) in [5, 5.41) is 10.7. The fourth-order valence-corrected chi connectivity index (χ4v) is 2.60. The molecule has 0 amide bonds. The zero-order chi connectivity index (χ0) is 17.2. The first-order valence-corrected chi connectivity index (χ1v) is 7.05. The van der Waals surface area contributed by atoms with Gasteiger partial charge in [0.25, 0.3) is 5.69 Å². The second-order valence-corrected chi connectivity index (χ2v) is 5.66. The van der Waals surface area contributed by atoms with Crippen molar-refractivity contribution in [1.29, 1.82) is 0 Å². The molecule has 0 aromatic heterocycles. The van der Waals surface area contributed by atoms with Crippen LogP contribution in [0.3, 0.4) is 0 Å². The van der Waals surface area contributed by atoms with Crippen molar-refractivity contribution in [2.45, 2.75) is 12.3 Å². The van der Waals surface area contributed by atoms with E-state index in [-0.39, 0.29) is 11.8 Å². The largest absolute Gasteiger partial charge is 0.418 e. The number of benzene rings is 1. The van der Waals surface area contributed by atoms with Gasteiger partial charge in [0.2, 0.25) is 0 Å². The van der Waals surface area contributed by atoms with Gasteiger partial charge in [0.15, 0.2) is 0 Å². The Kier molecular flexibility index (Phi) is 5.10. The highest BCUT2D eigenvalue weighted by Gasteiger charge is 2.37. The van der Waals surface area contributed by atoms with Crippen molar-refractivity contribution in [1.82, 2.24) is 4.90 Å². The Labute approximate surface area is 131 Å². The van der Waals surface area contributed by atoms with E-state index in [1.165, 1.54) is 6.07 Å². The lowest BCUT2D eigenvalue weighted by atomic mass is 10.1. The summed E-state index contributed by atoms with van der Waals surface area (Å²) in [6, 6.07) is 2.85. The molecule has 0 bridgehead atoms. The number of likely N-dealkylation sites (N-methyl/N-ethyl adjacent to an activating group) is 1. The van der Waals surface area contributed by atoms with Crippen LogP contribution in [0.5, 0.6) is 0 Å². The lowest BCUT2D eigenvalue weighted by molar-refractivity contribution is -0.385. The van der Waals surface area contributed by atoms with Gasteiger partial charge in [-0.05, 0) is 20.2 Å². The number of ether oxygens (including phenoxy) is 1. The molecule has 0 radical (unpaired) electrons. The average Bonchev–Trinajstić information content (AvgIpc) is 2.45. The highest BCUT2D eigenvalue weighted by Crippen LogP contribution is 2.39. The van der Waals surface area contributed by atoms with Gasteiger partial charge in [-0.15, -0.1) is 0 Å². The molecule has 1 aliphatic rings. The molecule has 1 fully saturated rings. The number of nitro benzene ring substituents is 1. The van der Waals surface area contributed by atoms with Crippen LogP contribution in [0.1, 0.15) is 5.56 Å². The van der Waals surface area contributed by atoms with E-state index in [4.69, 9.17) is 4.74 Å². The normalized spacial score (nSPS) is 19.2. The lowest BCUT2D eigenvalue weighted by Gasteiger charge is -2.36. The number of hydrogen-bond donors (Lipinski definition) is 0. The molecule has 0 aliphatic carbocycles. The van der Waals surface area contributed by atoms with Gasteiger partial charge in [-0.25, -0.2) is 0 Å². The highest BCUT2D eigenvalue weighted by atomic mass is 19.4. The number of hydrogen-bond acceptors (Lipinski definition) is 5. The van der Waals surface area contributed by atoms with Gasteiger partial charge < -0.3 is 14.5 Å². The van der Waals surface area contributed by atoms with Crippen molar-refractivity contribution in [2.75, 3.05) is 45.2 Å². The smallest absolute Gasteiger partial charge is 0.373 e. The van der Waals surface area contributed by atoms with Gasteiger partial charge in [-0.1, -0.05) is 0 Å². The van der Waals surface area contributed by atoms with E-state index in [1.54, 1.807) is 4.90 Å². The minimum absolute atomic E-state index is 0.0462. The van der Waals surface area contributed by atoms with Gasteiger partial charge in [-0.2, -0.15) is 13.2 Å². The Bertz CT molecular complexity index is 578. The number of halogens is 3. The standard InChI is InChI=1S/C14H18F3N3O3/c1-18(2)8-11-9-19(5-6-23-11)13-4-3-10(20(21)22)7-12(13)14(15,16)17/h3-4,7,11H,5-6,8-9H2,1-2H3. The zero-order valence-electron chi connectivity index (χ0n) is 12.8. The third-order valence-electron chi connectivity index (χ3n) is 3.54. The summed E-state index contributed by atoms with van der Waals surface area (Å²) in [5.74, 6) is 0. The van der Waals surface area contributed by atoms with Crippen molar-refractivity contribution in [3.05, 3.63) is 33.9 Å². The van der Waals surface area contributed by atoms with Crippen LogP contribution in [-0.4, -0.2) is 56.3 Å². The second kappa shape index (κ2) is 6.71. The molecule has 0 spiro atoms. The van der Waals surface area contributed by atoms with Crippen molar-refractivity contribution >= 4 is 11.4 Å². The fraction of sp³-hybridized carbons (Fsp3) is 0.571. The molecule has 1 aliphatic heterocycles. The van der Waals surface area contributed by atoms with E-state index in [1.807, 2.05) is 19.0 Å². The maximum Gasteiger partial charge on any atom is 0.418 e. The SMILES string of the molecule is CN(C)CC1CN(c2ccc([N+](=O)[O-])cc2C(F)(F)F)CCO1. The number of anilines is 1. The van der Waals surface area contributed by atoms with Crippen molar-refractivity contribution in [2.24, 2.45) is 0 Å². The molecule has 128 valence electrons. The molecule has 1 aromatic rings. The topological polar surface area (TPSA) is 58.9 Å². The van der Waals surface area contributed by atoms with E-state index < -0.39 is 22.4 Å². The summed E-state index contributed by atoms with van der Waals surface area (Å²) in [6.45, 7) is 1.52. The van der Waals surface area contributed by atoms with E-state index in [9.17, 15) is 23.3 Å². The van der Waals surface area contributed by atoms with Gasteiger partial charge in [-0.3, -0.25) is 10.1 Å². The number of nitro groups is 1. The van der Waals surface area contributed by atoms with E-state index >= 15 is 0 Å². The predicted octanol–water partition coefficient (Wildman–Crippen LogP) is 2.38. The van der Waals surface area contributed by atoms with Crippen molar-refractivity contribution in [3.8, 4) is 0 Å². The molecule has 1 atom stereocenters. The Balaban J connectivity index is 2.32. The van der Waals surface area contributed by atoms with E-state index in [0.29, 0.717) is 32.3 Å². The van der Waals surface area contributed by atoms with Gasteiger partial charge in [0.1, 0.15) is 0 Å². The first-order chi connectivity index (χ1) is 10.7. The molecular formula is C14H18F3N3O3. The van der Waals surface area contributed by atoms with Crippen molar-refractivity contribution in [3.63, 3.8) is 0 Å². The summed E-state index contributed by atoms with van der Waals surface area (Å²) in [5.41, 5.74) is -1.61. The number of alkyl halides is 3. The molecule has 1 saturated heterocycles. The Morgan fingerprint density at radius 3 is 2.70 bits per heavy atom. The van der Waals surface area contributed by atoms with Gasteiger partial charge >= 0.3 is 6.18 Å². The van der Waals surface area contributed by atoms with Crippen LogP contribution < -0.4 is 4.90 Å². The third kappa shape index (κ3) is 4.32. The highest BCUT2D eigenvalue weighted by molar-refractivity contribution is 5.59. The van der Waals surface area contributed by atoms with Crippen LogP contribution in [0.2, 0.25) is 0 Å². The number of non-ortho nitro benzene ring substituents is 1. The molecule has 23 heavy (non-hydrogen) atoms. The predicted molar refractivity (Wildman–Crippen MR) is 78.6 cm³/mol. The molecule has 0 saturated carbocycles. The summed E-state index contributed by atoms with van der Waals surface area (Å²) in [7, 11) is 3.71. The molecule has 1 aromatic carbocycles. The summed E-state index contributed by atoms with van der Waals surface area (Å²) >= 11 is 0. The first kappa shape index (κ1) is 17.5. The summed E-state index contributed by atoms with van der Waals surface area (Å²) in [6.07, 6.45) is -4.87. The van der Waals surface area contributed by atoms with E-state index in [2.05, 4.69) is 0 Å². The van der Waals surface area contributed by atoms with Crippen molar-refractivity contribution < 1.29 is 22.8 Å². The summed E-state index contributed by atoms with van der Waals surface area (Å²) in [4.78, 5) is 13.4. The number of morpholine rings is 1. The van der Waals surface area contributed by atoms with Crippen LogP contribution in [0.4, 0.5) is 24.5 Å². The molecule has 1 unspecified atom stereocenters. The average molecular weight is 333 g/mol. The number of rotatable bonds is 4. The Morgan fingerprint density at radius 1 is 1.43 bits per heavy atom. The van der Waals surface area contributed by atoms with Crippen LogP contribution in [0.15, 0.2) is 18.2 Å². The van der Waals surface area contributed by atoms with E-state index in [0.717, 1.165) is 6.07 Å². The van der Waals surface area contributed by atoms with Crippen LogP contribution >= 0.6 is 0 Å². The molecule has 6 nitrogen and oxygen atoms in total. The molecule has 2 rings (SSSR count). The molecular weight excluding hydrogens is 315 g/mol.